The topological polar surface area (TPSA) is 43.8 Å². The minimum atomic E-state index is 0.802. The fourth-order valence-electron chi connectivity index (χ4n) is 1.75. The van der Waals surface area contributed by atoms with Gasteiger partial charge in [0, 0.05) is 18.1 Å². The standard InChI is InChI=1S/C11H13N3/c1-8-6-10(12)7-9(2)11(8)14-5-3-4-13-14/h3-7H,12H2,1-2H3. The van der Waals surface area contributed by atoms with Crippen LogP contribution in [0.15, 0.2) is 30.6 Å². The van der Waals surface area contributed by atoms with Gasteiger partial charge in [-0.1, -0.05) is 0 Å². The van der Waals surface area contributed by atoms with Crippen LogP contribution in [0.25, 0.3) is 5.69 Å². The first-order valence-electron chi connectivity index (χ1n) is 4.55. The molecule has 0 bridgehead atoms. The summed E-state index contributed by atoms with van der Waals surface area (Å²) in [6, 6.07) is 5.84. The average Bonchev–Trinajstić information content (AvgIpc) is 2.54. The molecule has 2 aromatic rings. The Morgan fingerprint density at radius 2 is 1.86 bits per heavy atom. The Hall–Kier alpha value is -1.77. The number of aryl methyl sites for hydroxylation is 2. The van der Waals surface area contributed by atoms with Crippen LogP contribution in [0, 0.1) is 13.8 Å². The molecule has 2 N–H and O–H groups in total. The quantitative estimate of drug-likeness (QED) is 0.694. The third-order valence-corrected chi connectivity index (χ3v) is 2.25. The van der Waals surface area contributed by atoms with E-state index < -0.39 is 0 Å². The maximum absolute atomic E-state index is 5.75. The molecular formula is C11H13N3. The zero-order chi connectivity index (χ0) is 10.1. The van der Waals surface area contributed by atoms with Crippen LogP contribution >= 0.6 is 0 Å². The van der Waals surface area contributed by atoms with E-state index in [1.807, 2.05) is 42.9 Å². The van der Waals surface area contributed by atoms with Crippen molar-refractivity contribution in [2.45, 2.75) is 13.8 Å². The second kappa shape index (κ2) is 3.18. The van der Waals surface area contributed by atoms with E-state index in [0.717, 1.165) is 22.5 Å². The highest BCUT2D eigenvalue weighted by Gasteiger charge is 2.05. The van der Waals surface area contributed by atoms with Crippen molar-refractivity contribution in [2.75, 3.05) is 5.73 Å². The fraction of sp³-hybridized carbons (Fsp3) is 0.182. The number of benzene rings is 1. The molecule has 0 aliphatic heterocycles. The van der Waals surface area contributed by atoms with Crippen LogP contribution in [0.4, 0.5) is 5.69 Å². The first kappa shape index (κ1) is 8.81. The van der Waals surface area contributed by atoms with Gasteiger partial charge in [0.15, 0.2) is 0 Å². The Morgan fingerprint density at radius 1 is 1.21 bits per heavy atom. The molecule has 0 saturated heterocycles. The summed E-state index contributed by atoms with van der Waals surface area (Å²) in [6.45, 7) is 4.08. The number of rotatable bonds is 1. The molecule has 2 rings (SSSR count). The highest BCUT2D eigenvalue weighted by Crippen LogP contribution is 2.21. The summed E-state index contributed by atoms with van der Waals surface area (Å²) in [5.74, 6) is 0. The number of hydrogen-bond donors (Lipinski definition) is 1. The molecule has 3 heteroatoms. The monoisotopic (exact) mass is 187 g/mol. The molecule has 0 fully saturated rings. The van der Waals surface area contributed by atoms with Gasteiger partial charge in [-0.15, -0.1) is 0 Å². The average molecular weight is 187 g/mol. The van der Waals surface area contributed by atoms with Crippen LogP contribution in [-0.4, -0.2) is 9.78 Å². The lowest BCUT2D eigenvalue weighted by atomic mass is 10.1. The largest absolute Gasteiger partial charge is 0.399 e. The van der Waals surface area contributed by atoms with Crippen LogP contribution in [0.5, 0.6) is 0 Å². The summed E-state index contributed by atoms with van der Waals surface area (Å²) in [6.07, 6.45) is 3.71. The number of aromatic nitrogens is 2. The zero-order valence-corrected chi connectivity index (χ0v) is 8.36. The molecule has 14 heavy (non-hydrogen) atoms. The van der Waals surface area contributed by atoms with Crippen molar-refractivity contribution in [1.29, 1.82) is 0 Å². The normalized spacial score (nSPS) is 10.4. The second-order valence-electron chi connectivity index (χ2n) is 3.45. The number of nitrogens with zero attached hydrogens (tertiary/aromatic N) is 2. The number of hydrogen-bond acceptors (Lipinski definition) is 2. The van der Waals surface area contributed by atoms with E-state index in [0.29, 0.717) is 0 Å². The van der Waals surface area contributed by atoms with E-state index in [1.165, 1.54) is 0 Å². The lowest BCUT2D eigenvalue weighted by molar-refractivity contribution is 0.865. The van der Waals surface area contributed by atoms with Crippen molar-refractivity contribution in [2.24, 2.45) is 0 Å². The third-order valence-electron chi connectivity index (χ3n) is 2.25. The van der Waals surface area contributed by atoms with Crippen LogP contribution < -0.4 is 5.73 Å². The molecule has 3 nitrogen and oxygen atoms in total. The summed E-state index contributed by atoms with van der Waals surface area (Å²) >= 11 is 0. The number of anilines is 1. The molecule has 1 heterocycles. The third kappa shape index (κ3) is 1.37. The lowest BCUT2D eigenvalue weighted by Gasteiger charge is -2.10. The summed E-state index contributed by atoms with van der Waals surface area (Å²) in [7, 11) is 0. The van der Waals surface area contributed by atoms with Crippen LogP contribution in [0.3, 0.4) is 0 Å². The Labute approximate surface area is 83.2 Å². The van der Waals surface area contributed by atoms with Crippen molar-refractivity contribution >= 4 is 5.69 Å². The van der Waals surface area contributed by atoms with E-state index in [9.17, 15) is 0 Å². The van der Waals surface area contributed by atoms with E-state index >= 15 is 0 Å². The van der Waals surface area contributed by atoms with Gasteiger partial charge >= 0.3 is 0 Å². The molecule has 0 saturated carbocycles. The molecule has 1 aromatic heterocycles. The Kier molecular flexibility index (Phi) is 2.00. The van der Waals surface area contributed by atoms with E-state index in [-0.39, 0.29) is 0 Å². The Balaban J connectivity index is 2.64. The van der Waals surface area contributed by atoms with Gasteiger partial charge in [-0.2, -0.15) is 5.10 Å². The maximum Gasteiger partial charge on any atom is 0.0705 e. The van der Waals surface area contributed by atoms with Crippen LogP contribution in [0.1, 0.15) is 11.1 Å². The molecule has 0 atom stereocenters. The molecule has 0 radical (unpaired) electrons. The lowest BCUT2D eigenvalue weighted by Crippen LogP contribution is -2.01. The number of nitrogens with two attached hydrogens (primary N) is 1. The Morgan fingerprint density at radius 3 is 2.36 bits per heavy atom. The van der Waals surface area contributed by atoms with Gasteiger partial charge in [0.25, 0.3) is 0 Å². The van der Waals surface area contributed by atoms with Crippen molar-refractivity contribution in [1.82, 2.24) is 9.78 Å². The fourth-order valence-corrected chi connectivity index (χ4v) is 1.75. The highest BCUT2D eigenvalue weighted by atomic mass is 15.3. The first-order valence-corrected chi connectivity index (χ1v) is 4.55. The Bertz CT molecular complexity index is 421. The molecule has 72 valence electrons. The van der Waals surface area contributed by atoms with E-state index in [1.54, 1.807) is 6.20 Å². The molecule has 1 aromatic carbocycles. The summed E-state index contributed by atoms with van der Waals surface area (Å²) < 4.78 is 1.87. The van der Waals surface area contributed by atoms with E-state index in [2.05, 4.69) is 5.10 Å². The SMILES string of the molecule is Cc1cc(N)cc(C)c1-n1cccn1. The molecular weight excluding hydrogens is 174 g/mol. The van der Waals surface area contributed by atoms with Gasteiger partial charge < -0.3 is 5.73 Å². The molecule has 0 amide bonds. The second-order valence-corrected chi connectivity index (χ2v) is 3.45. The summed E-state index contributed by atoms with van der Waals surface area (Å²) in [5, 5.41) is 4.21. The predicted molar refractivity (Wildman–Crippen MR) is 57.5 cm³/mol. The maximum atomic E-state index is 5.75. The van der Waals surface area contributed by atoms with Gasteiger partial charge in [0.2, 0.25) is 0 Å². The zero-order valence-electron chi connectivity index (χ0n) is 8.36. The van der Waals surface area contributed by atoms with Crippen LogP contribution in [-0.2, 0) is 0 Å². The smallest absolute Gasteiger partial charge is 0.0705 e. The van der Waals surface area contributed by atoms with Gasteiger partial charge in [0.05, 0.1) is 5.69 Å². The predicted octanol–water partition coefficient (Wildman–Crippen LogP) is 2.07. The molecule has 0 aliphatic rings. The van der Waals surface area contributed by atoms with Crippen molar-refractivity contribution in [3.63, 3.8) is 0 Å². The highest BCUT2D eigenvalue weighted by molar-refractivity contribution is 5.55. The van der Waals surface area contributed by atoms with Gasteiger partial charge in [-0.25, -0.2) is 4.68 Å². The molecule has 0 unspecified atom stereocenters. The van der Waals surface area contributed by atoms with E-state index in [4.69, 9.17) is 5.73 Å². The van der Waals surface area contributed by atoms with Gasteiger partial charge in [-0.3, -0.25) is 0 Å². The summed E-state index contributed by atoms with van der Waals surface area (Å²) in [5.41, 5.74) is 9.96. The minimum absolute atomic E-state index is 0.802. The molecule has 0 spiro atoms. The van der Waals surface area contributed by atoms with Gasteiger partial charge in [-0.05, 0) is 43.2 Å². The van der Waals surface area contributed by atoms with Crippen molar-refractivity contribution < 1.29 is 0 Å². The minimum Gasteiger partial charge on any atom is -0.399 e. The summed E-state index contributed by atoms with van der Waals surface area (Å²) in [4.78, 5) is 0. The van der Waals surface area contributed by atoms with Crippen molar-refractivity contribution in [3.8, 4) is 5.69 Å². The van der Waals surface area contributed by atoms with Crippen molar-refractivity contribution in [3.05, 3.63) is 41.7 Å². The molecule has 0 aliphatic carbocycles. The first-order chi connectivity index (χ1) is 6.68. The van der Waals surface area contributed by atoms with Gasteiger partial charge in [0.1, 0.15) is 0 Å². The van der Waals surface area contributed by atoms with Crippen LogP contribution in [0.2, 0.25) is 0 Å². The number of nitrogen functional groups attached to an aromatic ring is 1.